The number of nitrogens with two attached hydrogens (primary N) is 1. The van der Waals surface area contributed by atoms with Crippen molar-refractivity contribution in [2.24, 2.45) is 0 Å². The second-order valence-corrected chi connectivity index (χ2v) is 7.03. The molecule has 0 radical (unpaired) electrons. The number of rotatable bonds is 5. The smallest absolute Gasteiger partial charge is 0.235 e. The van der Waals surface area contributed by atoms with E-state index in [0.717, 1.165) is 11.8 Å². The fraction of sp³-hybridized carbons (Fsp3) is 0.0667. The molecule has 0 spiro atoms. The molecule has 0 saturated heterocycles. The van der Waals surface area contributed by atoms with Gasteiger partial charge in [0.15, 0.2) is 5.82 Å². The number of nitrogen functional groups attached to an aromatic ring is 1. The molecule has 3 aromatic rings. The molecule has 126 valence electrons. The Morgan fingerprint density at radius 2 is 2.20 bits per heavy atom. The van der Waals surface area contributed by atoms with Crippen molar-refractivity contribution in [2.45, 2.75) is 5.16 Å². The molecule has 1 aromatic carbocycles. The van der Waals surface area contributed by atoms with Crippen molar-refractivity contribution >= 4 is 45.6 Å². The molecule has 0 aliphatic carbocycles. The highest BCUT2D eigenvalue weighted by atomic mass is 35.5. The van der Waals surface area contributed by atoms with Gasteiger partial charge in [-0.15, -0.1) is 21.5 Å². The van der Waals surface area contributed by atoms with Gasteiger partial charge in [0.1, 0.15) is 11.1 Å². The molecule has 2 heterocycles. The van der Waals surface area contributed by atoms with Crippen LogP contribution in [-0.4, -0.2) is 26.5 Å². The number of nitriles is 1. The molecule has 25 heavy (non-hydrogen) atoms. The predicted molar refractivity (Wildman–Crippen MR) is 99.0 cm³/mol. The Kier molecular flexibility index (Phi) is 5.23. The molecule has 2 aromatic heterocycles. The summed E-state index contributed by atoms with van der Waals surface area (Å²) in [6, 6.07) is 10.8. The molecule has 0 aliphatic rings. The number of carbonyl (C=O) groups excluding carboxylic acids is 1. The summed E-state index contributed by atoms with van der Waals surface area (Å²) in [5.41, 5.74) is 1.10. The lowest BCUT2D eigenvalue weighted by Crippen LogP contribution is -2.16. The highest BCUT2D eigenvalue weighted by molar-refractivity contribution is 7.99. The Morgan fingerprint density at radius 1 is 1.40 bits per heavy atom. The normalized spacial score (nSPS) is 10.4. The average Bonchev–Trinajstić information content (AvgIpc) is 3.20. The first kappa shape index (κ1) is 17.3. The van der Waals surface area contributed by atoms with Gasteiger partial charge < -0.3 is 11.2 Å². The van der Waals surface area contributed by atoms with Crippen LogP contribution in [-0.2, 0) is 4.79 Å². The van der Waals surface area contributed by atoms with Crippen molar-refractivity contribution in [2.75, 3.05) is 16.9 Å². The summed E-state index contributed by atoms with van der Waals surface area (Å²) in [6.45, 7) is 0. The number of nitrogens with one attached hydrogen (secondary N) is 1. The van der Waals surface area contributed by atoms with Gasteiger partial charge in [0.25, 0.3) is 0 Å². The zero-order valence-electron chi connectivity index (χ0n) is 12.6. The largest absolute Gasteiger partial charge is 0.335 e. The lowest BCUT2D eigenvalue weighted by molar-refractivity contribution is -0.113. The Morgan fingerprint density at radius 3 is 2.96 bits per heavy atom. The van der Waals surface area contributed by atoms with Crippen molar-refractivity contribution in [3.63, 3.8) is 0 Å². The number of hydrogen-bond donors (Lipinski definition) is 2. The number of halogens is 1. The number of anilines is 1. The molecule has 10 heteroatoms. The van der Waals surface area contributed by atoms with Gasteiger partial charge in [-0.3, -0.25) is 4.79 Å². The van der Waals surface area contributed by atoms with Gasteiger partial charge in [-0.2, -0.15) is 5.26 Å². The lowest BCUT2D eigenvalue weighted by atomic mass is 10.2. The third kappa shape index (κ3) is 3.76. The molecule has 3 N–H and O–H groups in total. The maximum Gasteiger partial charge on any atom is 0.235 e. The average molecular weight is 391 g/mol. The fourth-order valence-electron chi connectivity index (χ4n) is 1.99. The van der Waals surface area contributed by atoms with Crippen LogP contribution in [0, 0.1) is 11.3 Å². The molecular formula is C15H11ClN6OS2. The van der Waals surface area contributed by atoms with Crippen LogP contribution in [0.5, 0.6) is 0 Å². The number of hydrogen-bond acceptors (Lipinski definition) is 7. The number of carbonyl (C=O) groups is 1. The van der Waals surface area contributed by atoms with Crippen LogP contribution >= 0.6 is 34.7 Å². The van der Waals surface area contributed by atoms with Crippen molar-refractivity contribution in [1.29, 1.82) is 5.26 Å². The van der Waals surface area contributed by atoms with Gasteiger partial charge in [-0.05, 0) is 23.6 Å². The number of benzene rings is 1. The van der Waals surface area contributed by atoms with E-state index in [9.17, 15) is 4.79 Å². The zero-order chi connectivity index (χ0) is 17.8. The number of thioether (sulfide) groups is 1. The maximum atomic E-state index is 12.0. The number of aromatic nitrogens is 3. The molecular weight excluding hydrogens is 380 g/mol. The van der Waals surface area contributed by atoms with E-state index < -0.39 is 0 Å². The second kappa shape index (κ2) is 7.57. The van der Waals surface area contributed by atoms with Gasteiger partial charge in [0.05, 0.1) is 16.3 Å². The van der Waals surface area contributed by atoms with Crippen LogP contribution < -0.4 is 11.2 Å². The Balaban J connectivity index is 1.68. The monoisotopic (exact) mass is 390 g/mol. The van der Waals surface area contributed by atoms with E-state index in [2.05, 4.69) is 15.5 Å². The second-order valence-electron chi connectivity index (χ2n) is 4.77. The molecule has 0 aliphatic heterocycles. The molecule has 0 fully saturated rings. The van der Waals surface area contributed by atoms with Crippen molar-refractivity contribution in [3.05, 3.63) is 46.3 Å². The Bertz CT molecular complexity index is 961. The molecule has 0 unspecified atom stereocenters. The van der Waals surface area contributed by atoms with Gasteiger partial charge in [-0.1, -0.05) is 35.5 Å². The van der Waals surface area contributed by atoms with Crippen LogP contribution in [0.4, 0.5) is 5.00 Å². The number of thiophene rings is 1. The Labute approximate surface area is 156 Å². The van der Waals surface area contributed by atoms with E-state index in [4.69, 9.17) is 22.7 Å². The third-order valence-corrected chi connectivity index (χ3v) is 5.25. The summed E-state index contributed by atoms with van der Waals surface area (Å²) in [6.07, 6.45) is 0. The van der Waals surface area contributed by atoms with E-state index in [-0.39, 0.29) is 11.7 Å². The summed E-state index contributed by atoms with van der Waals surface area (Å²) in [5.74, 6) is 6.25. The molecule has 0 atom stereocenters. The summed E-state index contributed by atoms with van der Waals surface area (Å²) in [5, 5.41) is 22.8. The summed E-state index contributed by atoms with van der Waals surface area (Å²) in [7, 11) is 0. The van der Waals surface area contributed by atoms with Crippen molar-refractivity contribution < 1.29 is 4.79 Å². The van der Waals surface area contributed by atoms with Crippen LogP contribution in [0.3, 0.4) is 0 Å². The van der Waals surface area contributed by atoms with Gasteiger partial charge >= 0.3 is 0 Å². The SMILES string of the molecule is N#Cc1ccsc1NC(=O)CSc1nnc(-c2ccccc2Cl)n1N. The topological polar surface area (TPSA) is 110 Å². The molecule has 1 amide bonds. The first-order valence-electron chi connectivity index (χ1n) is 6.95. The van der Waals surface area contributed by atoms with E-state index in [0.29, 0.717) is 32.1 Å². The molecule has 0 bridgehead atoms. The highest BCUT2D eigenvalue weighted by Gasteiger charge is 2.16. The third-order valence-electron chi connectivity index (χ3n) is 3.15. The summed E-state index contributed by atoms with van der Waals surface area (Å²) < 4.78 is 1.30. The first-order chi connectivity index (χ1) is 12.1. The molecule has 7 nitrogen and oxygen atoms in total. The minimum atomic E-state index is -0.258. The van der Waals surface area contributed by atoms with Crippen LogP contribution in [0.15, 0.2) is 40.9 Å². The van der Waals surface area contributed by atoms with Gasteiger partial charge in [-0.25, -0.2) is 4.68 Å². The van der Waals surface area contributed by atoms with E-state index in [1.807, 2.05) is 18.2 Å². The van der Waals surface area contributed by atoms with Gasteiger partial charge in [0.2, 0.25) is 11.1 Å². The van der Waals surface area contributed by atoms with Crippen LogP contribution in [0.25, 0.3) is 11.4 Å². The minimum Gasteiger partial charge on any atom is -0.335 e. The van der Waals surface area contributed by atoms with Crippen molar-refractivity contribution in [3.8, 4) is 17.5 Å². The maximum absolute atomic E-state index is 12.0. The van der Waals surface area contributed by atoms with Crippen molar-refractivity contribution in [1.82, 2.24) is 14.9 Å². The van der Waals surface area contributed by atoms with E-state index in [1.54, 1.807) is 23.6 Å². The quantitative estimate of drug-likeness (QED) is 0.512. The zero-order valence-corrected chi connectivity index (χ0v) is 15.0. The predicted octanol–water partition coefficient (Wildman–Crippen LogP) is 2.98. The van der Waals surface area contributed by atoms with E-state index >= 15 is 0 Å². The first-order valence-corrected chi connectivity index (χ1v) is 9.20. The lowest BCUT2D eigenvalue weighted by Gasteiger charge is -2.05. The van der Waals surface area contributed by atoms with Gasteiger partial charge in [0, 0.05) is 5.56 Å². The van der Waals surface area contributed by atoms with Crippen LogP contribution in [0.2, 0.25) is 5.02 Å². The fourth-order valence-corrected chi connectivity index (χ4v) is 3.62. The standard InChI is InChI=1S/C15H11ClN6OS2/c16-11-4-2-1-3-10(11)13-20-21-15(22(13)18)25-8-12(23)19-14-9(7-17)5-6-24-14/h1-6H,8,18H2,(H,19,23). The van der Waals surface area contributed by atoms with E-state index in [1.165, 1.54) is 16.0 Å². The minimum absolute atomic E-state index is 0.0840. The molecule has 0 saturated carbocycles. The van der Waals surface area contributed by atoms with Crippen LogP contribution in [0.1, 0.15) is 5.56 Å². The summed E-state index contributed by atoms with van der Waals surface area (Å²) in [4.78, 5) is 12.0. The number of nitrogens with zero attached hydrogens (tertiary/aromatic N) is 4. The summed E-state index contributed by atoms with van der Waals surface area (Å²) >= 11 is 8.58. The Hall–Kier alpha value is -2.54. The molecule has 3 rings (SSSR count). The number of amides is 1. The highest BCUT2D eigenvalue weighted by Crippen LogP contribution is 2.28.